The number of nitrogens with one attached hydrogen (secondary N) is 1. The molecule has 0 fully saturated rings. The van der Waals surface area contributed by atoms with Crippen LogP contribution in [0, 0.1) is 6.92 Å². The van der Waals surface area contributed by atoms with Crippen molar-refractivity contribution in [3.05, 3.63) is 50.4 Å². The van der Waals surface area contributed by atoms with Crippen LogP contribution < -0.4 is 11.1 Å². The maximum atomic E-state index is 6.01. The zero-order chi connectivity index (χ0) is 13.3. The van der Waals surface area contributed by atoms with E-state index in [2.05, 4.69) is 21.2 Å². The van der Waals surface area contributed by atoms with Crippen molar-refractivity contribution < 1.29 is 0 Å². The number of rotatable bonds is 2. The van der Waals surface area contributed by atoms with Crippen molar-refractivity contribution in [2.45, 2.75) is 6.92 Å². The molecule has 18 heavy (non-hydrogen) atoms. The molecule has 0 unspecified atom stereocenters. The molecule has 0 bridgehead atoms. The van der Waals surface area contributed by atoms with E-state index in [1.54, 1.807) is 0 Å². The average Bonchev–Trinajstić information content (AvgIpc) is 2.31. The summed E-state index contributed by atoms with van der Waals surface area (Å²) in [6.07, 6.45) is 0. The quantitative estimate of drug-likeness (QED) is 0.716. The predicted molar refractivity (Wildman–Crippen MR) is 83.0 cm³/mol. The van der Waals surface area contributed by atoms with E-state index >= 15 is 0 Å². The molecule has 2 aromatic rings. The van der Waals surface area contributed by atoms with Crippen molar-refractivity contribution in [2.75, 3.05) is 11.1 Å². The van der Waals surface area contributed by atoms with Crippen molar-refractivity contribution in [1.29, 1.82) is 0 Å². The van der Waals surface area contributed by atoms with Crippen LogP contribution >= 0.6 is 39.1 Å². The number of benzene rings is 2. The lowest BCUT2D eigenvalue weighted by Crippen LogP contribution is -1.96. The van der Waals surface area contributed by atoms with Crippen LogP contribution in [0.25, 0.3) is 0 Å². The number of hydrogen-bond acceptors (Lipinski definition) is 2. The molecule has 0 aliphatic rings. The van der Waals surface area contributed by atoms with Crippen molar-refractivity contribution in [2.24, 2.45) is 0 Å². The van der Waals surface area contributed by atoms with Crippen molar-refractivity contribution in [3.8, 4) is 0 Å². The number of nitrogen functional groups attached to an aromatic ring is 1. The van der Waals surface area contributed by atoms with Crippen LogP contribution in [0.5, 0.6) is 0 Å². The molecule has 2 rings (SSSR count). The number of nitrogens with two attached hydrogens (primary N) is 1. The SMILES string of the molecule is Cc1cc(N)c(Cl)cc1Nc1ccc(Cl)c(Br)c1. The van der Waals surface area contributed by atoms with E-state index in [9.17, 15) is 0 Å². The van der Waals surface area contributed by atoms with E-state index in [0.717, 1.165) is 21.4 Å². The smallest absolute Gasteiger partial charge is 0.0656 e. The first-order chi connectivity index (χ1) is 8.47. The highest BCUT2D eigenvalue weighted by Gasteiger charge is 2.05. The Balaban J connectivity index is 2.34. The van der Waals surface area contributed by atoms with E-state index in [4.69, 9.17) is 28.9 Å². The number of hydrogen-bond donors (Lipinski definition) is 2. The van der Waals surface area contributed by atoms with Gasteiger partial charge in [-0.15, -0.1) is 0 Å². The summed E-state index contributed by atoms with van der Waals surface area (Å²) in [5.74, 6) is 0. The van der Waals surface area contributed by atoms with Gasteiger partial charge < -0.3 is 11.1 Å². The molecule has 5 heteroatoms. The van der Waals surface area contributed by atoms with Gasteiger partial charge in [0.15, 0.2) is 0 Å². The van der Waals surface area contributed by atoms with Crippen LogP contribution in [0.1, 0.15) is 5.56 Å². The highest BCUT2D eigenvalue weighted by atomic mass is 79.9. The maximum Gasteiger partial charge on any atom is 0.0656 e. The molecule has 0 aliphatic carbocycles. The fourth-order valence-corrected chi connectivity index (χ4v) is 2.23. The lowest BCUT2D eigenvalue weighted by Gasteiger charge is -2.12. The van der Waals surface area contributed by atoms with E-state index in [-0.39, 0.29) is 0 Å². The third kappa shape index (κ3) is 2.91. The molecule has 0 spiro atoms. The molecule has 0 aliphatic heterocycles. The normalized spacial score (nSPS) is 10.4. The Labute approximate surface area is 124 Å². The second kappa shape index (κ2) is 5.39. The monoisotopic (exact) mass is 344 g/mol. The fourth-order valence-electron chi connectivity index (χ4n) is 1.57. The van der Waals surface area contributed by atoms with E-state index in [1.165, 1.54) is 0 Å². The summed E-state index contributed by atoms with van der Waals surface area (Å²) in [7, 11) is 0. The Kier molecular flexibility index (Phi) is 4.05. The molecule has 3 N–H and O–H groups in total. The molecular formula is C13H11BrCl2N2. The van der Waals surface area contributed by atoms with Gasteiger partial charge in [-0.1, -0.05) is 23.2 Å². The topological polar surface area (TPSA) is 38.0 Å². The number of aryl methyl sites for hydroxylation is 1. The Bertz CT molecular complexity index is 600. The standard InChI is InChI=1S/C13H11BrCl2N2/c1-7-4-12(17)11(16)6-13(7)18-8-2-3-10(15)9(14)5-8/h2-6,18H,17H2,1H3. The fraction of sp³-hybridized carbons (Fsp3) is 0.0769. The molecule has 2 nitrogen and oxygen atoms in total. The summed E-state index contributed by atoms with van der Waals surface area (Å²) in [5, 5.41) is 4.49. The van der Waals surface area contributed by atoms with Crippen LogP contribution in [0.15, 0.2) is 34.8 Å². The first-order valence-corrected chi connectivity index (χ1v) is 6.80. The third-order valence-electron chi connectivity index (χ3n) is 2.54. The van der Waals surface area contributed by atoms with Crippen molar-refractivity contribution >= 4 is 56.2 Å². The summed E-state index contributed by atoms with van der Waals surface area (Å²) in [6, 6.07) is 9.29. The molecule has 0 aromatic heterocycles. The highest BCUT2D eigenvalue weighted by Crippen LogP contribution is 2.31. The van der Waals surface area contributed by atoms with Crippen LogP contribution in [0.4, 0.5) is 17.1 Å². The van der Waals surface area contributed by atoms with Gasteiger partial charge in [-0.25, -0.2) is 0 Å². The third-order valence-corrected chi connectivity index (χ3v) is 4.08. The molecule has 94 valence electrons. The lowest BCUT2D eigenvalue weighted by atomic mass is 10.1. The minimum Gasteiger partial charge on any atom is -0.398 e. The maximum absolute atomic E-state index is 6.01. The molecule has 2 aromatic carbocycles. The van der Waals surface area contributed by atoms with Crippen LogP contribution in [-0.4, -0.2) is 0 Å². The van der Waals surface area contributed by atoms with Gasteiger partial charge >= 0.3 is 0 Å². The van der Waals surface area contributed by atoms with Gasteiger partial charge in [-0.05, 0) is 58.7 Å². The largest absolute Gasteiger partial charge is 0.398 e. The minimum atomic E-state index is 0.538. The van der Waals surface area contributed by atoms with Crippen LogP contribution in [0.3, 0.4) is 0 Å². The van der Waals surface area contributed by atoms with Gasteiger partial charge in [0, 0.05) is 15.8 Å². The summed E-state index contributed by atoms with van der Waals surface area (Å²) in [6.45, 7) is 1.97. The van der Waals surface area contributed by atoms with E-state index in [0.29, 0.717) is 15.7 Å². The first-order valence-electron chi connectivity index (χ1n) is 5.25. The van der Waals surface area contributed by atoms with Gasteiger partial charge in [0.25, 0.3) is 0 Å². The lowest BCUT2D eigenvalue weighted by molar-refractivity contribution is 1.43. The molecule has 0 heterocycles. The number of anilines is 3. The zero-order valence-corrected chi connectivity index (χ0v) is 12.7. The van der Waals surface area contributed by atoms with Gasteiger partial charge in [0.05, 0.1) is 15.7 Å². The van der Waals surface area contributed by atoms with Crippen molar-refractivity contribution in [1.82, 2.24) is 0 Å². The summed E-state index contributed by atoms with van der Waals surface area (Å²) in [5.41, 5.74) is 9.20. The predicted octanol–water partition coefficient (Wildman–Crippen LogP) is 5.39. The average molecular weight is 346 g/mol. The molecule has 0 saturated carbocycles. The van der Waals surface area contributed by atoms with Gasteiger partial charge in [0.1, 0.15) is 0 Å². The van der Waals surface area contributed by atoms with Crippen molar-refractivity contribution in [3.63, 3.8) is 0 Å². The Morgan fingerprint density at radius 3 is 2.50 bits per heavy atom. The zero-order valence-electron chi connectivity index (χ0n) is 9.60. The molecule has 0 amide bonds. The van der Waals surface area contributed by atoms with E-state index < -0.39 is 0 Å². The minimum absolute atomic E-state index is 0.538. The highest BCUT2D eigenvalue weighted by molar-refractivity contribution is 9.10. The molecular weight excluding hydrogens is 335 g/mol. The summed E-state index contributed by atoms with van der Waals surface area (Å²) in [4.78, 5) is 0. The molecule has 0 radical (unpaired) electrons. The summed E-state index contributed by atoms with van der Waals surface area (Å²) < 4.78 is 0.841. The van der Waals surface area contributed by atoms with Crippen LogP contribution in [-0.2, 0) is 0 Å². The second-order valence-corrected chi connectivity index (χ2v) is 5.61. The molecule has 0 saturated heterocycles. The second-order valence-electron chi connectivity index (χ2n) is 3.94. The number of halogens is 3. The Morgan fingerprint density at radius 2 is 1.83 bits per heavy atom. The van der Waals surface area contributed by atoms with Gasteiger partial charge in [-0.2, -0.15) is 0 Å². The Morgan fingerprint density at radius 1 is 1.11 bits per heavy atom. The van der Waals surface area contributed by atoms with E-state index in [1.807, 2.05) is 37.3 Å². The summed E-state index contributed by atoms with van der Waals surface area (Å²) >= 11 is 15.3. The van der Waals surface area contributed by atoms with Gasteiger partial charge in [0.2, 0.25) is 0 Å². The first kappa shape index (κ1) is 13.5. The van der Waals surface area contributed by atoms with Gasteiger partial charge in [-0.3, -0.25) is 0 Å². The van der Waals surface area contributed by atoms with Crippen LogP contribution in [0.2, 0.25) is 10.0 Å². The molecule has 0 atom stereocenters. The Hall–Kier alpha value is -0.900.